The minimum atomic E-state index is -0.195. The molecule has 1 aliphatic heterocycles. The molecule has 0 N–H and O–H groups in total. The fraction of sp³-hybridized carbons (Fsp3) is 0.385. The molecular weight excluding hydrogens is 282 g/mol. The number of hydrogen-bond acceptors (Lipinski definition) is 5. The number of carbonyl (C=O) groups is 2. The number of methoxy groups -OCH3 is 1. The highest BCUT2D eigenvalue weighted by molar-refractivity contribution is 8.18. The number of hydrogen-bond donors (Lipinski definition) is 0. The Morgan fingerprint density at radius 1 is 1.42 bits per heavy atom. The van der Waals surface area contributed by atoms with E-state index in [0.717, 1.165) is 22.2 Å². The van der Waals surface area contributed by atoms with Gasteiger partial charge in [0.1, 0.15) is 0 Å². The number of thiophene rings is 1. The van der Waals surface area contributed by atoms with Crippen molar-refractivity contribution >= 4 is 40.3 Å². The first-order chi connectivity index (χ1) is 9.13. The zero-order valence-electron chi connectivity index (χ0n) is 10.8. The molecule has 1 saturated heterocycles. The monoisotopic (exact) mass is 297 g/mol. The van der Waals surface area contributed by atoms with Crippen LogP contribution in [0.1, 0.15) is 16.9 Å². The molecule has 0 aliphatic carbocycles. The number of nitrogens with zero attached hydrogens (tertiary/aromatic N) is 1. The number of amides is 2. The normalized spacial score (nSPS) is 17.8. The Kier molecular flexibility index (Phi) is 4.79. The van der Waals surface area contributed by atoms with E-state index in [4.69, 9.17) is 4.74 Å². The van der Waals surface area contributed by atoms with Crippen molar-refractivity contribution in [1.29, 1.82) is 0 Å². The fourth-order valence-corrected chi connectivity index (χ4v) is 3.49. The molecule has 1 aliphatic rings. The molecule has 6 heteroatoms. The molecule has 0 atom stereocenters. The van der Waals surface area contributed by atoms with Crippen LogP contribution in [0.5, 0.6) is 0 Å². The fourth-order valence-electron chi connectivity index (χ4n) is 1.71. The Hall–Kier alpha value is -1.11. The van der Waals surface area contributed by atoms with Crippen LogP contribution in [0.4, 0.5) is 4.79 Å². The molecule has 0 bridgehead atoms. The van der Waals surface area contributed by atoms with Crippen LogP contribution in [-0.4, -0.2) is 36.3 Å². The van der Waals surface area contributed by atoms with Gasteiger partial charge in [-0.15, -0.1) is 11.3 Å². The van der Waals surface area contributed by atoms with E-state index in [9.17, 15) is 9.59 Å². The highest BCUT2D eigenvalue weighted by Crippen LogP contribution is 2.33. The molecule has 0 spiro atoms. The second-order valence-electron chi connectivity index (χ2n) is 4.15. The third-order valence-electron chi connectivity index (χ3n) is 2.77. The van der Waals surface area contributed by atoms with Crippen molar-refractivity contribution < 1.29 is 14.3 Å². The first kappa shape index (κ1) is 14.3. The van der Waals surface area contributed by atoms with Gasteiger partial charge in [-0.05, 0) is 48.2 Å². The third-order valence-corrected chi connectivity index (χ3v) is 4.64. The van der Waals surface area contributed by atoms with Crippen molar-refractivity contribution in [3.05, 3.63) is 26.8 Å². The second kappa shape index (κ2) is 6.36. The molecule has 102 valence electrons. The third kappa shape index (κ3) is 3.26. The number of ether oxygens (including phenoxy) is 1. The maximum absolute atomic E-state index is 12.1. The van der Waals surface area contributed by atoms with Crippen LogP contribution in [0.2, 0.25) is 0 Å². The van der Waals surface area contributed by atoms with Crippen LogP contribution in [0, 0.1) is 6.92 Å². The summed E-state index contributed by atoms with van der Waals surface area (Å²) in [6.45, 7) is 2.95. The van der Waals surface area contributed by atoms with Crippen LogP contribution in [0.3, 0.4) is 0 Å². The summed E-state index contributed by atoms with van der Waals surface area (Å²) in [6.07, 6.45) is 2.47. The van der Waals surface area contributed by atoms with E-state index in [1.165, 1.54) is 4.90 Å². The predicted molar refractivity (Wildman–Crippen MR) is 78.2 cm³/mol. The van der Waals surface area contributed by atoms with Crippen molar-refractivity contribution in [2.45, 2.75) is 13.3 Å². The van der Waals surface area contributed by atoms with E-state index in [1.807, 2.05) is 18.4 Å². The Bertz CT molecular complexity index is 522. The van der Waals surface area contributed by atoms with Gasteiger partial charge in [0.15, 0.2) is 0 Å². The van der Waals surface area contributed by atoms with E-state index in [0.29, 0.717) is 24.5 Å². The van der Waals surface area contributed by atoms with Gasteiger partial charge in [0, 0.05) is 25.1 Å². The summed E-state index contributed by atoms with van der Waals surface area (Å²) in [5.41, 5.74) is 1.12. The molecular formula is C13H15NO3S2. The molecule has 1 fully saturated rings. The highest BCUT2D eigenvalue weighted by atomic mass is 32.2. The summed E-state index contributed by atoms with van der Waals surface area (Å²) in [6, 6.07) is 2.00. The average Bonchev–Trinajstić information content (AvgIpc) is 2.89. The molecule has 2 amide bonds. The topological polar surface area (TPSA) is 46.6 Å². The lowest BCUT2D eigenvalue weighted by Crippen LogP contribution is -2.29. The van der Waals surface area contributed by atoms with Gasteiger partial charge < -0.3 is 4.74 Å². The van der Waals surface area contributed by atoms with Crippen LogP contribution in [0.15, 0.2) is 16.4 Å². The number of rotatable bonds is 5. The standard InChI is InChI=1S/C13H15NO3S2/c1-9-4-7-18-10(9)8-11-12(15)14(13(16)19-11)5-3-6-17-2/h4,7-8H,3,5-6H2,1-2H3/b11-8+. The Labute approximate surface area is 120 Å². The van der Waals surface area contributed by atoms with Gasteiger partial charge in [-0.1, -0.05) is 0 Å². The Balaban J connectivity index is 2.09. The molecule has 1 aromatic heterocycles. The maximum atomic E-state index is 12.1. The summed E-state index contributed by atoms with van der Waals surface area (Å²) >= 11 is 2.58. The molecule has 0 unspecified atom stereocenters. The van der Waals surface area contributed by atoms with Crippen LogP contribution in [0.25, 0.3) is 6.08 Å². The summed E-state index contributed by atoms with van der Waals surface area (Å²) in [5.74, 6) is -0.195. The lowest BCUT2D eigenvalue weighted by Gasteiger charge is -2.11. The lowest BCUT2D eigenvalue weighted by molar-refractivity contribution is -0.122. The summed E-state index contributed by atoms with van der Waals surface area (Å²) in [5, 5.41) is 1.78. The van der Waals surface area contributed by atoms with Crippen LogP contribution in [-0.2, 0) is 9.53 Å². The first-order valence-electron chi connectivity index (χ1n) is 5.92. The van der Waals surface area contributed by atoms with Gasteiger partial charge in [0.25, 0.3) is 11.1 Å². The number of carbonyl (C=O) groups excluding carboxylic acids is 2. The van der Waals surface area contributed by atoms with E-state index in [2.05, 4.69) is 0 Å². The maximum Gasteiger partial charge on any atom is 0.293 e. The van der Waals surface area contributed by atoms with Crippen LogP contribution < -0.4 is 0 Å². The minimum absolute atomic E-state index is 0.193. The van der Waals surface area contributed by atoms with Gasteiger partial charge in [-0.3, -0.25) is 14.5 Å². The predicted octanol–water partition coefficient (Wildman–Crippen LogP) is 3.13. The molecule has 2 heterocycles. The molecule has 0 aromatic carbocycles. The van der Waals surface area contributed by atoms with Gasteiger partial charge in [0.2, 0.25) is 0 Å². The van der Waals surface area contributed by atoms with Gasteiger partial charge >= 0.3 is 0 Å². The summed E-state index contributed by atoms with van der Waals surface area (Å²) in [4.78, 5) is 26.7. The van der Waals surface area contributed by atoms with Gasteiger partial charge in [0.05, 0.1) is 4.91 Å². The minimum Gasteiger partial charge on any atom is -0.385 e. The molecule has 0 radical (unpaired) electrons. The van der Waals surface area contributed by atoms with Crippen molar-refractivity contribution in [3.8, 4) is 0 Å². The van der Waals surface area contributed by atoms with Crippen LogP contribution >= 0.6 is 23.1 Å². The van der Waals surface area contributed by atoms with E-state index in [1.54, 1.807) is 24.5 Å². The largest absolute Gasteiger partial charge is 0.385 e. The lowest BCUT2D eigenvalue weighted by atomic mass is 10.2. The average molecular weight is 297 g/mol. The van der Waals surface area contributed by atoms with Crippen molar-refractivity contribution in [2.24, 2.45) is 0 Å². The van der Waals surface area contributed by atoms with Crippen molar-refractivity contribution in [3.63, 3.8) is 0 Å². The Morgan fingerprint density at radius 2 is 2.21 bits per heavy atom. The number of aryl methyl sites for hydroxylation is 1. The zero-order chi connectivity index (χ0) is 13.8. The zero-order valence-corrected chi connectivity index (χ0v) is 12.5. The second-order valence-corrected chi connectivity index (χ2v) is 6.09. The molecule has 19 heavy (non-hydrogen) atoms. The summed E-state index contributed by atoms with van der Waals surface area (Å²) in [7, 11) is 1.60. The van der Waals surface area contributed by atoms with Crippen molar-refractivity contribution in [2.75, 3.05) is 20.3 Å². The SMILES string of the molecule is COCCCN1C(=O)S/C(=C/c2sccc2C)C1=O. The van der Waals surface area contributed by atoms with Gasteiger partial charge in [-0.2, -0.15) is 0 Å². The molecule has 1 aromatic rings. The van der Waals surface area contributed by atoms with E-state index >= 15 is 0 Å². The highest BCUT2D eigenvalue weighted by Gasteiger charge is 2.34. The summed E-state index contributed by atoms with van der Waals surface area (Å²) < 4.78 is 4.93. The molecule has 2 rings (SSSR count). The van der Waals surface area contributed by atoms with E-state index < -0.39 is 0 Å². The number of imide groups is 1. The number of thioether (sulfide) groups is 1. The van der Waals surface area contributed by atoms with Crippen molar-refractivity contribution in [1.82, 2.24) is 4.90 Å². The molecule has 4 nitrogen and oxygen atoms in total. The van der Waals surface area contributed by atoms with E-state index in [-0.39, 0.29) is 11.1 Å². The smallest absolute Gasteiger partial charge is 0.293 e. The molecule has 0 saturated carbocycles. The first-order valence-corrected chi connectivity index (χ1v) is 7.61. The quantitative estimate of drug-likeness (QED) is 0.619. The van der Waals surface area contributed by atoms with Gasteiger partial charge in [-0.25, -0.2) is 0 Å². The Morgan fingerprint density at radius 3 is 2.84 bits per heavy atom.